The molecule has 2 atom stereocenters. The largest absolute Gasteiger partial charge is 0.497 e. The Hall–Kier alpha value is -2.20. The summed E-state index contributed by atoms with van der Waals surface area (Å²) in [6.45, 7) is 0.0522. The number of benzene rings is 2. The van der Waals surface area contributed by atoms with Gasteiger partial charge in [-0.25, -0.2) is 22.1 Å². The lowest BCUT2D eigenvalue weighted by Crippen LogP contribution is -2.31. The van der Waals surface area contributed by atoms with E-state index in [9.17, 15) is 13.5 Å². The molecular weight excluding hydrogens is 487 g/mol. The number of sulfonamides is 1. The van der Waals surface area contributed by atoms with E-state index < -0.39 is 20.7 Å². The number of halogens is 2. The molecule has 2 aromatic carbocycles. The van der Waals surface area contributed by atoms with Gasteiger partial charge in [-0.2, -0.15) is 0 Å². The zero-order valence-corrected chi connectivity index (χ0v) is 20.3. The van der Waals surface area contributed by atoms with E-state index >= 15 is 4.39 Å². The quantitative estimate of drug-likeness (QED) is 0.449. The molecule has 33 heavy (non-hydrogen) atoms. The summed E-state index contributed by atoms with van der Waals surface area (Å²) in [7, 11) is -2.75. The fourth-order valence-corrected chi connectivity index (χ4v) is 6.92. The molecule has 1 N–H and O–H groups in total. The van der Waals surface area contributed by atoms with Gasteiger partial charge < -0.3 is 9.84 Å². The molecule has 4 rings (SSSR count). The van der Waals surface area contributed by atoms with Gasteiger partial charge in [0.15, 0.2) is 5.13 Å². The first-order valence-electron chi connectivity index (χ1n) is 10.5. The maximum Gasteiger partial charge on any atom is 0.269 e. The monoisotopic (exact) mass is 510 g/mol. The van der Waals surface area contributed by atoms with Crippen molar-refractivity contribution in [3.05, 3.63) is 69.9 Å². The van der Waals surface area contributed by atoms with Crippen LogP contribution in [0.4, 0.5) is 9.52 Å². The number of rotatable bonds is 8. The Balaban J connectivity index is 1.69. The van der Waals surface area contributed by atoms with Crippen molar-refractivity contribution in [3.63, 3.8) is 0 Å². The van der Waals surface area contributed by atoms with Crippen LogP contribution in [0.15, 0.2) is 52.9 Å². The molecule has 1 aliphatic rings. The average molecular weight is 511 g/mol. The highest BCUT2D eigenvalue weighted by atomic mass is 35.5. The maximum atomic E-state index is 15.3. The Morgan fingerprint density at radius 1 is 1.27 bits per heavy atom. The smallest absolute Gasteiger partial charge is 0.269 e. The van der Waals surface area contributed by atoms with E-state index in [1.165, 1.54) is 18.3 Å². The number of hydrogen-bond donors (Lipinski definition) is 1. The molecule has 0 bridgehead atoms. The molecule has 1 aliphatic carbocycles. The Morgan fingerprint density at radius 2 is 2.03 bits per heavy atom. The maximum absolute atomic E-state index is 15.3. The summed E-state index contributed by atoms with van der Waals surface area (Å²) in [5.41, 5.74) is 1.28. The van der Waals surface area contributed by atoms with Crippen molar-refractivity contribution in [1.29, 1.82) is 0 Å². The molecule has 10 heteroatoms. The van der Waals surface area contributed by atoms with Crippen LogP contribution in [0.3, 0.4) is 0 Å². The van der Waals surface area contributed by atoms with Crippen LogP contribution in [0.1, 0.15) is 36.3 Å². The molecule has 0 amide bonds. The Labute approximate surface area is 201 Å². The lowest BCUT2D eigenvalue weighted by atomic mass is 9.96. The van der Waals surface area contributed by atoms with Crippen LogP contribution in [0, 0.1) is 11.7 Å². The Kier molecular flexibility index (Phi) is 7.23. The lowest BCUT2D eigenvalue weighted by molar-refractivity contribution is 0.229. The van der Waals surface area contributed by atoms with Crippen molar-refractivity contribution < 1.29 is 22.7 Å². The van der Waals surface area contributed by atoms with Crippen LogP contribution in [0.25, 0.3) is 0 Å². The van der Waals surface area contributed by atoms with E-state index in [0.29, 0.717) is 23.3 Å². The molecule has 6 nitrogen and oxygen atoms in total. The van der Waals surface area contributed by atoms with E-state index in [-0.39, 0.29) is 35.1 Å². The molecule has 1 fully saturated rings. The second-order valence-corrected chi connectivity index (χ2v) is 11.1. The highest BCUT2D eigenvalue weighted by molar-refractivity contribution is 7.93. The molecular formula is C23H24ClFN2O4S2. The molecule has 0 spiro atoms. The van der Waals surface area contributed by atoms with Gasteiger partial charge in [0.1, 0.15) is 16.5 Å². The summed E-state index contributed by atoms with van der Waals surface area (Å²) in [5, 5.41) is 11.5. The van der Waals surface area contributed by atoms with Crippen molar-refractivity contribution in [1.82, 2.24) is 4.98 Å². The molecule has 0 radical (unpaired) electrons. The fraction of sp³-hybridized carbons (Fsp3) is 0.348. The SMILES string of the molecule is COc1ccc(CN(c2nccs2)S(=O)(=O)c2cc(Cl)c([C@H]3CC[C@@H](CO)C3)cc2F)cc1. The van der Waals surface area contributed by atoms with Gasteiger partial charge in [-0.15, -0.1) is 11.3 Å². The van der Waals surface area contributed by atoms with E-state index in [1.807, 2.05) is 0 Å². The summed E-state index contributed by atoms with van der Waals surface area (Å²) >= 11 is 7.61. The van der Waals surface area contributed by atoms with Crippen LogP contribution >= 0.6 is 22.9 Å². The third-order valence-corrected chi connectivity index (χ3v) is 8.96. The number of methoxy groups -OCH3 is 1. The van der Waals surface area contributed by atoms with Crippen LogP contribution in [0.5, 0.6) is 5.75 Å². The molecule has 1 heterocycles. The van der Waals surface area contributed by atoms with Crippen LogP contribution in [-0.2, 0) is 16.6 Å². The van der Waals surface area contributed by atoms with Gasteiger partial charge in [-0.05, 0) is 66.5 Å². The minimum atomic E-state index is -4.30. The average Bonchev–Trinajstić information content (AvgIpc) is 3.51. The molecule has 0 unspecified atom stereocenters. The van der Waals surface area contributed by atoms with Crippen molar-refractivity contribution >= 4 is 38.1 Å². The summed E-state index contributed by atoms with van der Waals surface area (Å²) in [5.74, 6) is -0.0537. The number of nitrogens with zero attached hydrogens (tertiary/aromatic N) is 2. The van der Waals surface area contributed by atoms with Gasteiger partial charge in [-0.3, -0.25) is 0 Å². The first kappa shape index (κ1) is 23.9. The summed E-state index contributed by atoms with van der Waals surface area (Å²) < 4.78 is 48.7. The summed E-state index contributed by atoms with van der Waals surface area (Å²) in [6, 6.07) is 9.39. The van der Waals surface area contributed by atoms with Crippen LogP contribution < -0.4 is 9.04 Å². The zero-order chi connectivity index (χ0) is 23.6. The van der Waals surface area contributed by atoms with E-state index in [4.69, 9.17) is 16.3 Å². The van der Waals surface area contributed by atoms with E-state index in [1.54, 1.807) is 36.8 Å². The first-order chi connectivity index (χ1) is 15.8. The molecule has 3 aromatic rings. The minimum Gasteiger partial charge on any atom is -0.497 e. The highest BCUT2D eigenvalue weighted by Crippen LogP contribution is 2.42. The third kappa shape index (κ3) is 5.01. The number of ether oxygens (including phenoxy) is 1. The van der Waals surface area contributed by atoms with Crippen LogP contribution in [0.2, 0.25) is 5.02 Å². The van der Waals surface area contributed by atoms with E-state index in [0.717, 1.165) is 28.5 Å². The number of aliphatic hydroxyl groups excluding tert-OH is 1. The van der Waals surface area contributed by atoms with Gasteiger partial charge in [-0.1, -0.05) is 23.7 Å². The second kappa shape index (κ2) is 9.97. The van der Waals surface area contributed by atoms with E-state index in [2.05, 4.69) is 4.98 Å². The number of aromatic nitrogens is 1. The molecule has 1 aromatic heterocycles. The predicted octanol–water partition coefficient (Wildman–Crippen LogP) is 5.22. The number of thiazole rings is 1. The summed E-state index contributed by atoms with van der Waals surface area (Å²) in [6.07, 6.45) is 3.81. The first-order valence-corrected chi connectivity index (χ1v) is 13.2. The van der Waals surface area contributed by atoms with Crippen molar-refractivity contribution in [2.24, 2.45) is 5.92 Å². The topological polar surface area (TPSA) is 79.7 Å². The Bertz CT molecular complexity index is 1200. The zero-order valence-electron chi connectivity index (χ0n) is 17.9. The third-order valence-electron chi connectivity index (χ3n) is 5.98. The number of anilines is 1. The normalized spacial score (nSPS) is 18.4. The van der Waals surface area contributed by atoms with Crippen LogP contribution in [-0.4, -0.2) is 32.2 Å². The predicted molar refractivity (Wildman–Crippen MR) is 127 cm³/mol. The van der Waals surface area contributed by atoms with Gasteiger partial charge in [0.05, 0.1) is 13.7 Å². The number of hydrogen-bond acceptors (Lipinski definition) is 6. The van der Waals surface area contributed by atoms with Gasteiger partial charge in [0, 0.05) is 23.2 Å². The van der Waals surface area contributed by atoms with Gasteiger partial charge in [0.2, 0.25) is 0 Å². The highest BCUT2D eigenvalue weighted by Gasteiger charge is 2.33. The standard InChI is InChI=1S/C23H24ClFN2O4S2/c1-31-18-6-3-15(4-7-18)13-27(23-26-8-9-32-23)33(29,30)22-12-20(24)19(11-21(22)25)17-5-2-16(10-17)14-28/h3-4,6-9,11-12,16-17,28H,2,5,10,13-14H2,1H3/t16-,17+/m1/s1. The molecule has 176 valence electrons. The minimum absolute atomic E-state index is 0.00438. The molecule has 0 saturated heterocycles. The molecule has 1 saturated carbocycles. The second-order valence-electron chi connectivity index (χ2n) is 8.04. The van der Waals surface area contributed by atoms with Gasteiger partial charge in [0.25, 0.3) is 10.0 Å². The summed E-state index contributed by atoms with van der Waals surface area (Å²) in [4.78, 5) is 3.66. The lowest BCUT2D eigenvalue weighted by Gasteiger charge is -2.23. The van der Waals surface area contributed by atoms with Crippen molar-refractivity contribution in [2.75, 3.05) is 18.0 Å². The number of aliphatic hydroxyl groups is 1. The Morgan fingerprint density at radius 3 is 2.64 bits per heavy atom. The van der Waals surface area contributed by atoms with Crippen molar-refractivity contribution in [2.45, 2.75) is 36.6 Å². The van der Waals surface area contributed by atoms with Gasteiger partial charge >= 0.3 is 0 Å². The molecule has 0 aliphatic heterocycles. The fourth-order valence-electron chi connectivity index (χ4n) is 4.19. The van der Waals surface area contributed by atoms with Crippen molar-refractivity contribution in [3.8, 4) is 5.75 Å².